The van der Waals surface area contributed by atoms with Crippen molar-refractivity contribution in [2.75, 3.05) is 13.2 Å². The van der Waals surface area contributed by atoms with E-state index in [1.54, 1.807) is 9.96 Å². The number of hydrogen-bond acceptors (Lipinski definition) is 6. The van der Waals surface area contributed by atoms with Crippen molar-refractivity contribution < 1.29 is 19.2 Å². The van der Waals surface area contributed by atoms with E-state index in [9.17, 15) is 9.90 Å². The van der Waals surface area contributed by atoms with Gasteiger partial charge in [0.05, 0.1) is 18.6 Å². The van der Waals surface area contributed by atoms with Crippen molar-refractivity contribution in [1.29, 1.82) is 0 Å². The summed E-state index contributed by atoms with van der Waals surface area (Å²) in [6.07, 6.45) is 2.97. The third kappa shape index (κ3) is 2.79. The highest BCUT2D eigenvalue weighted by molar-refractivity contribution is 5.77. The molecule has 8 nitrogen and oxygen atoms in total. The average molecular weight is 384 g/mol. The molecule has 1 aromatic carbocycles. The van der Waals surface area contributed by atoms with Crippen LogP contribution in [0.1, 0.15) is 55.5 Å². The van der Waals surface area contributed by atoms with E-state index in [0.29, 0.717) is 24.9 Å². The molecule has 1 unspecified atom stereocenters. The number of carbonyl (C=O) groups excluding carboxylic acids is 1. The smallest absolute Gasteiger partial charge is 0.345 e. The molecule has 5 rings (SSSR count). The molecule has 1 saturated carbocycles. The van der Waals surface area contributed by atoms with Crippen LogP contribution in [0.25, 0.3) is 0 Å². The monoisotopic (exact) mass is 384 g/mol. The van der Waals surface area contributed by atoms with Gasteiger partial charge in [0.1, 0.15) is 12.6 Å². The highest BCUT2D eigenvalue weighted by Crippen LogP contribution is 2.61. The first kappa shape index (κ1) is 17.6. The molecular weight excluding hydrogens is 360 g/mol. The zero-order chi connectivity index (χ0) is 19.3. The van der Waals surface area contributed by atoms with Gasteiger partial charge in [-0.25, -0.2) is 4.79 Å². The number of hydroxylamine groups is 2. The molecule has 2 aliphatic heterocycles. The Hall–Kier alpha value is -2.45. The van der Waals surface area contributed by atoms with E-state index in [-0.39, 0.29) is 36.1 Å². The average Bonchev–Trinajstić information content (AvgIpc) is 3.20. The summed E-state index contributed by atoms with van der Waals surface area (Å²) in [5.41, 5.74) is 1.11. The Morgan fingerprint density at radius 1 is 1.32 bits per heavy atom. The number of piperidine rings is 1. The van der Waals surface area contributed by atoms with Gasteiger partial charge in [0.2, 0.25) is 11.8 Å². The number of fused-ring (bicyclic) bond motifs is 3. The normalized spacial score (nSPS) is 26.1. The first-order valence-corrected chi connectivity index (χ1v) is 9.82. The lowest BCUT2D eigenvalue weighted by Gasteiger charge is -2.35. The van der Waals surface area contributed by atoms with E-state index in [1.165, 1.54) is 0 Å². The molecule has 3 aliphatic rings. The van der Waals surface area contributed by atoms with Gasteiger partial charge in [-0.15, -0.1) is 10.2 Å². The minimum atomic E-state index is -0.233. The number of amides is 2. The van der Waals surface area contributed by atoms with E-state index in [1.807, 2.05) is 37.3 Å². The molecule has 3 atom stereocenters. The second-order valence-electron chi connectivity index (χ2n) is 8.18. The minimum absolute atomic E-state index is 0.0535. The van der Waals surface area contributed by atoms with E-state index >= 15 is 0 Å². The van der Waals surface area contributed by atoms with Gasteiger partial charge in [-0.3, -0.25) is 4.84 Å². The third-order valence-corrected chi connectivity index (χ3v) is 6.31. The fourth-order valence-electron chi connectivity index (χ4n) is 4.37. The summed E-state index contributed by atoms with van der Waals surface area (Å²) in [7, 11) is 0. The lowest BCUT2D eigenvalue weighted by atomic mass is 9.85. The fourth-order valence-corrected chi connectivity index (χ4v) is 4.37. The molecule has 2 amide bonds. The SMILES string of the molecule is CC(CO)c1nnc([C@@H]2CC3(CC3)[C@@H]3CN2C(=O)N3OCc2ccccc2)o1. The van der Waals surface area contributed by atoms with E-state index in [4.69, 9.17) is 9.25 Å². The standard InChI is InChI=1S/C20H24N4O4/c1-13(11-25)17-21-22-18(28-17)15-9-20(7-8-20)16-10-23(15)19(26)24(16)27-12-14-5-3-2-4-6-14/h2-6,13,15-16,25H,7-12H2,1H3/t13?,15-,16-/m0/s1. The second-order valence-corrected chi connectivity index (χ2v) is 8.18. The van der Waals surface area contributed by atoms with Crippen molar-refractivity contribution in [3.05, 3.63) is 47.7 Å². The van der Waals surface area contributed by atoms with Gasteiger partial charge in [-0.1, -0.05) is 37.3 Å². The molecule has 1 aliphatic carbocycles. The summed E-state index contributed by atoms with van der Waals surface area (Å²) in [6.45, 7) is 2.76. The Labute approximate surface area is 163 Å². The molecule has 3 heterocycles. The predicted octanol–water partition coefficient (Wildman–Crippen LogP) is 2.63. The summed E-state index contributed by atoms with van der Waals surface area (Å²) < 4.78 is 5.82. The molecule has 0 radical (unpaired) electrons. The quantitative estimate of drug-likeness (QED) is 0.823. The number of aliphatic hydroxyl groups is 1. The lowest BCUT2D eigenvalue weighted by molar-refractivity contribution is -0.153. The Morgan fingerprint density at radius 3 is 2.82 bits per heavy atom. The fraction of sp³-hybridized carbons (Fsp3) is 0.550. The van der Waals surface area contributed by atoms with Crippen LogP contribution in [0.3, 0.4) is 0 Å². The van der Waals surface area contributed by atoms with Crippen LogP contribution in [-0.4, -0.2) is 50.5 Å². The Kier molecular flexibility index (Phi) is 4.13. The van der Waals surface area contributed by atoms with Gasteiger partial charge in [0.15, 0.2) is 0 Å². The number of rotatable bonds is 6. The van der Waals surface area contributed by atoms with Crippen molar-refractivity contribution in [1.82, 2.24) is 20.2 Å². The largest absolute Gasteiger partial charge is 0.423 e. The van der Waals surface area contributed by atoms with E-state index < -0.39 is 0 Å². The van der Waals surface area contributed by atoms with Crippen LogP contribution < -0.4 is 0 Å². The van der Waals surface area contributed by atoms with Crippen molar-refractivity contribution in [2.24, 2.45) is 5.41 Å². The van der Waals surface area contributed by atoms with Gasteiger partial charge in [-0.05, 0) is 30.2 Å². The molecule has 2 saturated heterocycles. The van der Waals surface area contributed by atoms with Crippen LogP contribution in [0.2, 0.25) is 0 Å². The molecule has 1 N–H and O–H groups in total. The van der Waals surface area contributed by atoms with Crippen LogP contribution in [0.5, 0.6) is 0 Å². The van der Waals surface area contributed by atoms with Crippen LogP contribution in [-0.2, 0) is 11.4 Å². The summed E-state index contributed by atoms with van der Waals surface area (Å²) in [4.78, 5) is 20.9. The van der Waals surface area contributed by atoms with Gasteiger partial charge in [0, 0.05) is 6.54 Å². The molecule has 28 heavy (non-hydrogen) atoms. The van der Waals surface area contributed by atoms with Crippen LogP contribution in [0.15, 0.2) is 34.7 Å². The maximum Gasteiger partial charge on any atom is 0.345 e. The molecule has 2 bridgehead atoms. The maximum absolute atomic E-state index is 13.1. The summed E-state index contributed by atoms with van der Waals surface area (Å²) in [6, 6.07) is 9.57. The van der Waals surface area contributed by atoms with Crippen molar-refractivity contribution in [3.63, 3.8) is 0 Å². The molecule has 8 heteroatoms. The molecule has 2 aromatic rings. The Morgan fingerprint density at radius 2 is 2.11 bits per heavy atom. The van der Waals surface area contributed by atoms with Crippen molar-refractivity contribution in [2.45, 2.75) is 50.8 Å². The van der Waals surface area contributed by atoms with Crippen LogP contribution in [0, 0.1) is 5.41 Å². The zero-order valence-corrected chi connectivity index (χ0v) is 15.8. The van der Waals surface area contributed by atoms with Crippen molar-refractivity contribution in [3.8, 4) is 0 Å². The van der Waals surface area contributed by atoms with Gasteiger partial charge in [-0.2, -0.15) is 5.06 Å². The third-order valence-electron chi connectivity index (χ3n) is 6.31. The molecular formula is C20H24N4O4. The molecule has 1 aromatic heterocycles. The maximum atomic E-state index is 13.1. The van der Waals surface area contributed by atoms with E-state index in [0.717, 1.165) is 24.8 Å². The molecule has 1 spiro atoms. The van der Waals surface area contributed by atoms with Crippen molar-refractivity contribution >= 4 is 6.03 Å². The molecule has 148 valence electrons. The van der Waals surface area contributed by atoms with Gasteiger partial charge < -0.3 is 14.4 Å². The number of benzene rings is 1. The summed E-state index contributed by atoms with van der Waals surface area (Å²) in [5, 5.41) is 19.2. The second kappa shape index (κ2) is 6.56. The Balaban J connectivity index is 1.37. The Bertz CT molecular complexity index is 866. The van der Waals surface area contributed by atoms with Crippen LogP contribution in [0.4, 0.5) is 4.79 Å². The number of hydrogen-bond donors (Lipinski definition) is 1. The highest BCUT2D eigenvalue weighted by Gasteiger charge is 2.64. The summed E-state index contributed by atoms with van der Waals surface area (Å²) >= 11 is 0. The predicted molar refractivity (Wildman–Crippen MR) is 97.8 cm³/mol. The number of nitrogens with zero attached hydrogens (tertiary/aromatic N) is 4. The zero-order valence-electron chi connectivity index (χ0n) is 15.8. The first-order valence-electron chi connectivity index (χ1n) is 9.82. The topological polar surface area (TPSA) is 91.9 Å². The van der Waals surface area contributed by atoms with E-state index in [2.05, 4.69) is 10.2 Å². The lowest BCUT2D eigenvalue weighted by Crippen LogP contribution is -2.42. The van der Waals surface area contributed by atoms with Crippen LogP contribution >= 0.6 is 0 Å². The number of urea groups is 1. The number of carbonyl (C=O) groups is 1. The first-order chi connectivity index (χ1) is 13.6. The molecule has 3 fully saturated rings. The highest BCUT2D eigenvalue weighted by atomic mass is 16.7. The van der Waals surface area contributed by atoms with Gasteiger partial charge >= 0.3 is 6.03 Å². The summed E-state index contributed by atoms with van der Waals surface area (Å²) in [5.74, 6) is 0.652. The van der Waals surface area contributed by atoms with Gasteiger partial charge in [0.25, 0.3) is 0 Å². The number of aromatic nitrogens is 2. The number of aliphatic hydroxyl groups excluding tert-OH is 1. The minimum Gasteiger partial charge on any atom is -0.423 e.